The highest BCUT2D eigenvalue weighted by molar-refractivity contribution is 14.1. The highest BCUT2D eigenvalue weighted by atomic mass is 127. The van der Waals surface area contributed by atoms with Crippen LogP contribution >= 0.6 is 22.6 Å². The Morgan fingerprint density at radius 3 is 2.46 bits per heavy atom. The molecular weight excluding hydrogens is 275 g/mol. The van der Waals surface area contributed by atoms with Gasteiger partial charge in [0, 0.05) is 23.2 Å². The highest BCUT2D eigenvalue weighted by Gasteiger charge is 1.98. The van der Waals surface area contributed by atoms with Gasteiger partial charge in [-0.15, -0.1) is 0 Å². The van der Waals surface area contributed by atoms with Crippen molar-refractivity contribution in [1.29, 1.82) is 0 Å². The standard InChI is InChI=1S/C10H15IN2/c1-13(7-6-12)8-9-2-4-10(11)5-3-9/h2-5H,6-8,12H2,1H3. The maximum atomic E-state index is 5.46. The van der Waals surface area contributed by atoms with Crippen molar-refractivity contribution >= 4 is 22.6 Å². The predicted octanol–water partition coefficient (Wildman–Crippen LogP) is 1.68. The van der Waals surface area contributed by atoms with E-state index in [1.165, 1.54) is 9.13 Å². The highest BCUT2D eigenvalue weighted by Crippen LogP contribution is 2.08. The first-order valence-corrected chi connectivity index (χ1v) is 5.43. The number of rotatable bonds is 4. The maximum absolute atomic E-state index is 5.46. The van der Waals surface area contributed by atoms with Gasteiger partial charge < -0.3 is 10.6 Å². The van der Waals surface area contributed by atoms with E-state index < -0.39 is 0 Å². The molecule has 0 atom stereocenters. The summed E-state index contributed by atoms with van der Waals surface area (Å²) in [7, 11) is 2.09. The third-order valence-electron chi connectivity index (χ3n) is 1.88. The van der Waals surface area contributed by atoms with Crippen LogP contribution in [-0.4, -0.2) is 25.0 Å². The van der Waals surface area contributed by atoms with Gasteiger partial charge in [-0.2, -0.15) is 0 Å². The fourth-order valence-electron chi connectivity index (χ4n) is 1.20. The Morgan fingerprint density at radius 2 is 1.92 bits per heavy atom. The minimum absolute atomic E-state index is 0.723. The fraction of sp³-hybridized carbons (Fsp3) is 0.400. The minimum Gasteiger partial charge on any atom is -0.329 e. The van der Waals surface area contributed by atoms with Crippen LogP contribution in [0.4, 0.5) is 0 Å². The Morgan fingerprint density at radius 1 is 1.31 bits per heavy atom. The van der Waals surface area contributed by atoms with Crippen LogP contribution in [0.3, 0.4) is 0 Å². The summed E-state index contributed by atoms with van der Waals surface area (Å²) in [6.45, 7) is 2.65. The first-order valence-electron chi connectivity index (χ1n) is 4.35. The largest absolute Gasteiger partial charge is 0.329 e. The van der Waals surface area contributed by atoms with Crippen LogP contribution in [0, 0.1) is 3.57 Å². The summed E-state index contributed by atoms with van der Waals surface area (Å²) in [4.78, 5) is 2.22. The Labute approximate surface area is 93.3 Å². The van der Waals surface area contributed by atoms with E-state index in [4.69, 9.17) is 5.73 Å². The van der Waals surface area contributed by atoms with E-state index in [1.807, 2.05) is 0 Å². The van der Waals surface area contributed by atoms with Crippen molar-refractivity contribution in [3.63, 3.8) is 0 Å². The van der Waals surface area contributed by atoms with E-state index in [1.54, 1.807) is 0 Å². The molecule has 1 aromatic carbocycles. The Balaban J connectivity index is 2.49. The molecule has 72 valence electrons. The van der Waals surface area contributed by atoms with Crippen LogP contribution in [0.5, 0.6) is 0 Å². The lowest BCUT2D eigenvalue weighted by molar-refractivity contribution is 0.336. The van der Waals surface area contributed by atoms with Crippen molar-refractivity contribution in [2.24, 2.45) is 5.73 Å². The average molecular weight is 290 g/mol. The number of halogens is 1. The van der Waals surface area contributed by atoms with Gasteiger partial charge in [0.15, 0.2) is 0 Å². The molecule has 1 rings (SSSR count). The van der Waals surface area contributed by atoms with Gasteiger partial charge in [-0.05, 0) is 47.3 Å². The molecule has 1 aromatic rings. The van der Waals surface area contributed by atoms with Crippen molar-refractivity contribution < 1.29 is 0 Å². The van der Waals surface area contributed by atoms with Crippen LogP contribution in [0.2, 0.25) is 0 Å². The van der Waals surface area contributed by atoms with Crippen molar-refractivity contribution in [2.75, 3.05) is 20.1 Å². The molecule has 0 radical (unpaired) electrons. The number of hydrogen-bond acceptors (Lipinski definition) is 2. The van der Waals surface area contributed by atoms with E-state index >= 15 is 0 Å². The zero-order chi connectivity index (χ0) is 9.68. The molecule has 0 heterocycles. The molecule has 0 bridgehead atoms. The number of nitrogens with zero attached hydrogens (tertiary/aromatic N) is 1. The van der Waals surface area contributed by atoms with Crippen molar-refractivity contribution in [2.45, 2.75) is 6.54 Å². The fourth-order valence-corrected chi connectivity index (χ4v) is 1.56. The van der Waals surface area contributed by atoms with Gasteiger partial charge in [-0.1, -0.05) is 12.1 Å². The molecule has 0 spiro atoms. The smallest absolute Gasteiger partial charge is 0.0231 e. The molecule has 0 saturated carbocycles. The molecule has 0 aliphatic rings. The van der Waals surface area contributed by atoms with Gasteiger partial charge in [0.25, 0.3) is 0 Å². The molecule has 0 amide bonds. The van der Waals surface area contributed by atoms with Crippen LogP contribution in [0.1, 0.15) is 5.56 Å². The number of likely N-dealkylation sites (N-methyl/N-ethyl adjacent to an activating group) is 1. The van der Waals surface area contributed by atoms with Crippen molar-refractivity contribution in [1.82, 2.24) is 4.90 Å². The normalized spacial score (nSPS) is 10.8. The molecule has 13 heavy (non-hydrogen) atoms. The number of benzene rings is 1. The molecule has 0 aliphatic carbocycles. The SMILES string of the molecule is CN(CCN)Cc1ccc(I)cc1. The van der Waals surface area contributed by atoms with Crippen LogP contribution in [-0.2, 0) is 6.54 Å². The van der Waals surface area contributed by atoms with Gasteiger partial charge in [0.05, 0.1) is 0 Å². The van der Waals surface area contributed by atoms with Crippen LogP contribution in [0.25, 0.3) is 0 Å². The van der Waals surface area contributed by atoms with E-state index in [-0.39, 0.29) is 0 Å². The molecule has 0 aromatic heterocycles. The first-order chi connectivity index (χ1) is 6.22. The van der Waals surface area contributed by atoms with Crippen LogP contribution < -0.4 is 5.73 Å². The number of nitrogens with two attached hydrogens (primary N) is 1. The summed E-state index contributed by atoms with van der Waals surface area (Å²) in [5.74, 6) is 0. The summed E-state index contributed by atoms with van der Waals surface area (Å²) < 4.78 is 1.28. The third kappa shape index (κ3) is 4.06. The van der Waals surface area contributed by atoms with Gasteiger partial charge in [0.1, 0.15) is 0 Å². The molecule has 0 aliphatic heterocycles. The minimum atomic E-state index is 0.723. The van der Waals surface area contributed by atoms with Crippen molar-refractivity contribution in [3.8, 4) is 0 Å². The summed E-state index contributed by atoms with van der Waals surface area (Å²) >= 11 is 2.31. The lowest BCUT2D eigenvalue weighted by Gasteiger charge is -2.15. The molecule has 0 saturated heterocycles. The van der Waals surface area contributed by atoms with Gasteiger partial charge in [-0.3, -0.25) is 0 Å². The summed E-state index contributed by atoms with van der Waals surface area (Å²) in [6.07, 6.45) is 0. The van der Waals surface area contributed by atoms with Gasteiger partial charge in [0.2, 0.25) is 0 Å². The van der Waals surface area contributed by atoms with Crippen LogP contribution in [0.15, 0.2) is 24.3 Å². The Kier molecular flexibility index (Phi) is 4.69. The molecule has 2 nitrogen and oxygen atoms in total. The molecule has 3 heteroatoms. The number of hydrogen-bond donors (Lipinski definition) is 1. The molecule has 0 fully saturated rings. The van der Waals surface area contributed by atoms with Gasteiger partial charge >= 0.3 is 0 Å². The zero-order valence-corrected chi connectivity index (χ0v) is 9.99. The third-order valence-corrected chi connectivity index (χ3v) is 2.60. The first kappa shape index (κ1) is 10.9. The average Bonchev–Trinajstić information content (AvgIpc) is 2.09. The summed E-state index contributed by atoms with van der Waals surface area (Å²) in [5.41, 5.74) is 6.81. The van der Waals surface area contributed by atoms with Gasteiger partial charge in [-0.25, -0.2) is 0 Å². The van der Waals surface area contributed by atoms with E-state index in [0.717, 1.165) is 19.6 Å². The Hall–Kier alpha value is -0.130. The molecule has 0 unspecified atom stereocenters. The van der Waals surface area contributed by atoms with E-state index in [9.17, 15) is 0 Å². The quantitative estimate of drug-likeness (QED) is 0.855. The lowest BCUT2D eigenvalue weighted by Crippen LogP contribution is -2.24. The zero-order valence-electron chi connectivity index (χ0n) is 7.83. The topological polar surface area (TPSA) is 29.3 Å². The van der Waals surface area contributed by atoms with E-state index in [2.05, 4.69) is 58.8 Å². The monoisotopic (exact) mass is 290 g/mol. The van der Waals surface area contributed by atoms with Crippen molar-refractivity contribution in [3.05, 3.63) is 33.4 Å². The second-order valence-electron chi connectivity index (χ2n) is 3.15. The maximum Gasteiger partial charge on any atom is 0.0231 e. The second-order valence-corrected chi connectivity index (χ2v) is 4.40. The summed E-state index contributed by atoms with van der Waals surface area (Å²) in [5, 5.41) is 0. The predicted molar refractivity (Wildman–Crippen MR) is 64.5 cm³/mol. The Bertz CT molecular complexity index is 246. The second kappa shape index (κ2) is 5.57. The summed E-state index contributed by atoms with van der Waals surface area (Å²) in [6, 6.07) is 8.59. The molecule has 2 N–H and O–H groups in total. The molecular formula is C10H15IN2. The van der Waals surface area contributed by atoms with E-state index in [0.29, 0.717) is 0 Å². The lowest BCUT2D eigenvalue weighted by atomic mass is 10.2.